The maximum atomic E-state index is 13.7. The minimum atomic E-state index is -3.35. The molecule has 2 rings (SSSR count). The smallest absolute Gasteiger partial charge is 0.175 e. The maximum Gasteiger partial charge on any atom is 0.175 e. The zero-order valence-corrected chi connectivity index (χ0v) is 12.8. The van der Waals surface area contributed by atoms with Gasteiger partial charge in [-0.3, -0.25) is 0 Å². The van der Waals surface area contributed by atoms with E-state index in [9.17, 15) is 17.9 Å². The van der Waals surface area contributed by atoms with E-state index >= 15 is 0 Å². The predicted molar refractivity (Wildman–Crippen MR) is 79.6 cm³/mol. The van der Waals surface area contributed by atoms with Gasteiger partial charge in [0.15, 0.2) is 9.84 Å². The Bertz CT molecular complexity index is 759. The van der Waals surface area contributed by atoms with Crippen molar-refractivity contribution in [1.82, 2.24) is 0 Å². The summed E-state index contributed by atoms with van der Waals surface area (Å²) in [6, 6.07) is 10.2. The third-order valence-electron chi connectivity index (χ3n) is 3.10. The second-order valence-corrected chi connectivity index (χ2v) is 7.25. The minimum Gasteiger partial charge on any atom is -0.388 e. The van der Waals surface area contributed by atoms with Crippen LogP contribution in [-0.4, -0.2) is 19.8 Å². The van der Waals surface area contributed by atoms with Crippen LogP contribution in [0.15, 0.2) is 47.4 Å². The Labute approximate surface area is 127 Å². The van der Waals surface area contributed by atoms with Crippen LogP contribution in [0.3, 0.4) is 0 Å². The van der Waals surface area contributed by atoms with Crippen molar-refractivity contribution >= 4 is 21.4 Å². The Balaban J connectivity index is 2.26. The molecule has 6 heteroatoms. The zero-order chi connectivity index (χ0) is 15.6. The molecule has 0 aliphatic heterocycles. The molecule has 0 heterocycles. The van der Waals surface area contributed by atoms with Gasteiger partial charge in [0.2, 0.25) is 0 Å². The standard InChI is InChI=1S/C15H14ClFO3S/c1-21(19,20)13-4-2-3-11(7-13)15(18)8-10-5-6-12(16)9-14(10)17/h2-7,9,15,18H,8H2,1H3. The number of hydrogen-bond acceptors (Lipinski definition) is 3. The van der Waals surface area contributed by atoms with Gasteiger partial charge in [-0.05, 0) is 35.4 Å². The first kappa shape index (κ1) is 15.9. The Kier molecular flexibility index (Phi) is 4.66. The number of halogens is 2. The first-order valence-electron chi connectivity index (χ1n) is 6.19. The molecule has 21 heavy (non-hydrogen) atoms. The summed E-state index contributed by atoms with van der Waals surface area (Å²) >= 11 is 5.67. The molecule has 0 amide bonds. The molecule has 3 nitrogen and oxygen atoms in total. The van der Waals surface area contributed by atoms with Gasteiger partial charge in [0.25, 0.3) is 0 Å². The van der Waals surface area contributed by atoms with Crippen LogP contribution < -0.4 is 0 Å². The van der Waals surface area contributed by atoms with Gasteiger partial charge >= 0.3 is 0 Å². The van der Waals surface area contributed by atoms with E-state index in [1.165, 1.54) is 24.3 Å². The SMILES string of the molecule is CS(=O)(=O)c1cccc(C(O)Cc2ccc(Cl)cc2F)c1. The number of rotatable bonds is 4. The van der Waals surface area contributed by atoms with Crippen LogP contribution >= 0.6 is 11.6 Å². The lowest BCUT2D eigenvalue weighted by Crippen LogP contribution is -2.05. The highest BCUT2D eigenvalue weighted by Gasteiger charge is 2.15. The molecule has 112 valence electrons. The fourth-order valence-corrected chi connectivity index (χ4v) is 2.80. The molecule has 0 radical (unpaired) electrons. The van der Waals surface area contributed by atoms with Crippen LogP contribution in [0, 0.1) is 5.82 Å². The average molecular weight is 329 g/mol. The summed E-state index contributed by atoms with van der Waals surface area (Å²) in [5, 5.41) is 10.4. The molecule has 0 bridgehead atoms. The zero-order valence-electron chi connectivity index (χ0n) is 11.3. The fourth-order valence-electron chi connectivity index (χ4n) is 1.97. The highest BCUT2D eigenvalue weighted by atomic mass is 35.5. The van der Waals surface area contributed by atoms with Gasteiger partial charge in [-0.25, -0.2) is 12.8 Å². The van der Waals surface area contributed by atoms with E-state index in [0.29, 0.717) is 11.1 Å². The molecule has 0 aliphatic rings. The van der Waals surface area contributed by atoms with Crippen molar-refractivity contribution in [3.8, 4) is 0 Å². The highest BCUT2D eigenvalue weighted by molar-refractivity contribution is 7.90. The molecule has 0 saturated heterocycles. The van der Waals surface area contributed by atoms with Crippen molar-refractivity contribution < 1.29 is 17.9 Å². The second-order valence-electron chi connectivity index (χ2n) is 4.80. The Morgan fingerprint density at radius 2 is 1.95 bits per heavy atom. The van der Waals surface area contributed by atoms with Gasteiger partial charge in [-0.15, -0.1) is 0 Å². The van der Waals surface area contributed by atoms with Gasteiger partial charge in [-0.2, -0.15) is 0 Å². The van der Waals surface area contributed by atoms with Crippen molar-refractivity contribution in [2.45, 2.75) is 17.4 Å². The van der Waals surface area contributed by atoms with E-state index in [2.05, 4.69) is 0 Å². The van der Waals surface area contributed by atoms with Crippen molar-refractivity contribution in [3.05, 3.63) is 64.4 Å². The van der Waals surface area contributed by atoms with Crippen LogP contribution in [0.5, 0.6) is 0 Å². The highest BCUT2D eigenvalue weighted by Crippen LogP contribution is 2.23. The molecular weight excluding hydrogens is 315 g/mol. The summed E-state index contributed by atoms with van der Waals surface area (Å²) in [6.45, 7) is 0. The van der Waals surface area contributed by atoms with E-state index in [0.717, 1.165) is 6.26 Å². The Morgan fingerprint density at radius 3 is 2.57 bits per heavy atom. The lowest BCUT2D eigenvalue weighted by Gasteiger charge is -2.13. The van der Waals surface area contributed by atoms with E-state index in [1.807, 2.05) is 0 Å². The summed E-state index contributed by atoms with van der Waals surface area (Å²) in [5.74, 6) is -0.499. The molecule has 0 saturated carbocycles. The van der Waals surface area contributed by atoms with Crippen molar-refractivity contribution in [2.24, 2.45) is 0 Å². The van der Waals surface area contributed by atoms with Crippen LogP contribution in [-0.2, 0) is 16.3 Å². The quantitative estimate of drug-likeness (QED) is 0.938. The summed E-state index contributed by atoms with van der Waals surface area (Å²) in [4.78, 5) is 0.121. The predicted octanol–water partition coefficient (Wildman–Crippen LogP) is 3.16. The molecule has 1 unspecified atom stereocenters. The molecule has 1 atom stereocenters. The summed E-state index contributed by atoms with van der Waals surface area (Å²) in [5.41, 5.74) is 0.740. The van der Waals surface area contributed by atoms with Gasteiger partial charge in [-0.1, -0.05) is 29.8 Å². The summed E-state index contributed by atoms with van der Waals surface area (Å²) in [6.07, 6.45) is 0.135. The number of hydrogen-bond donors (Lipinski definition) is 1. The third-order valence-corrected chi connectivity index (χ3v) is 4.44. The second kappa shape index (κ2) is 6.13. The molecule has 1 N–H and O–H groups in total. The maximum absolute atomic E-state index is 13.7. The average Bonchev–Trinajstić information content (AvgIpc) is 2.41. The number of sulfone groups is 1. The van der Waals surface area contributed by atoms with Crippen LogP contribution in [0.2, 0.25) is 5.02 Å². The molecule has 0 fully saturated rings. The molecule has 0 spiro atoms. The lowest BCUT2D eigenvalue weighted by molar-refractivity contribution is 0.177. The topological polar surface area (TPSA) is 54.4 Å². The largest absolute Gasteiger partial charge is 0.388 e. The van der Waals surface area contributed by atoms with E-state index in [-0.39, 0.29) is 16.3 Å². The van der Waals surface area contributed by atoms with Crippen molar-refractivity contribution in [3.63, 3.8) is 0 Å². The van der Waals surface area contributed by atoms with Crippen molar-refractivity contribution in [1.29, 1.82) is 0 Å². The van der Waals surface area contributed by atoms with E-state index < -0.39 is 21.8 Å². The molecule has 0 aromatic heterocycles. The van der Waals surface area contributed by atoms with Gasteiger partial charge in [0.1, 0.15) is 5.82 Å². The van der Waals surface area contributed by atoms with Gasteiger partial charge in [0.05, 0.1) is 11.0 Å². The Hall–Kier alpha value is -1.43. The molecule has 2 aromatic carbocycles. The number of aliphatic hydroxyl groups excluding tert-OH is 1. The number of benzene rings is 2. The molecule has 0 aliphatic carbocycles. The van der Waals surface area contributed by atoms with Gasteiger partial charge < -0.3 is 5.11 Å². The van der Waals surface area contributed by atoms with E-state index in [1.54, 1.807) is 18.2 Å². The molecule has 2 aromatic rings. The Morgan fingerprint density at radius 1 is 1.24 bits per heavy atom. The lowest BCUT2D eigenvalue weighted by atomic mass is 10.0. The monoisotopic (exact) mass is 328 g/mol. The normalized spacial score (nSPS) is 13.1. The summed E-state index contributed by atoms with van der Waals surface area (Å²) < 4.78 is 36.7. The first-order valence-corrected chi connectivity index (χ1v) is 8.46. The fraction of sp³-hybridized carbons (Fsp3) is 0.200. The van der Waals surface area contributed by atoms with Gasteiger partial charge in [0, 0.05) is 17.7 Å². The minimum absolute atomic E-state index is 0.0379. The van der Waals surface area contributed by atoms with Crippen LogP contribution in [0.25, 0.3) is 0 Å². The first-order chi connectivity index (χ1) is 9.77. The third kappa shape index (κ3) is 4.03. The van der Waals surface area contributed by atoms with Crippen LogP contribution in [0.1, 0.15) is 17.2 Å². The summed E-state index contributed by atoms with van der Waals surface area (Å²) in [7, 11) is -3.35. The number of aliphatic hydroxyl groups is 1. The van der Waals surface area contributed by atoms with Crippen molar-refractivity contribution in [2.75, 3.05) is 6.26 Å². The molecular formula is C15H14ClFO3S. The van der Waals surface area contributed by atoms with Crippen LogP contribution in [0.4, 0.5) is 4.39 Å². The van der Waals surface area contributed by atoms with E-state index in [4.69, 9.17) is 11.6 Å².